The third-order valence-corrected chi connectivity index (χ3v) is 3.99. The van der Waals surface area contributed by atoms with Crippen molar-refractivity contribution in [3.63, 3.8) is 0 Å². The summed E-state index contributed by atoms with van der Waals surface area (Å²) in [5.41, 5.74) is 1.25. The highest BCUT2D eigenvalue weighted by Gasteiger charge is 2.30. The molecule has 18 heavy (non-hydrogen) atoms. The second-order valence-electron chi connectivity index (χ2n) is 5.31. The van der Waals surface area contributed by atoms with Gasteiger partial charge in [0.1, 0.15) is 0 Å². The first kappa shape index (κ1) is 13.5. The van der Waals surface area contributed by atoms with Crippen molar-refractivity contribution in [2.45, 2.75) is 18.5 Å². The minimum atomic E-state index is 0.322. The van der Waals surface area contributed by atoms with Crippen LogP contribution in [-0.2, 0) is 7.05 Å². The quantitative estimate of drug-likeness (QED) is 0.839. The van der Waals surface area contributed by atoms with E-state index in [4.69, 9.17) is 0 Å². The van der Waals surface area contributed by atoms with E-state index < -0.39 is 0 Å². The molecule has 0 aliphatic carbocycles. The zero-order valence-electron chi connectivity index (χ0n) is 11.9. The van der Waals surface area contributed by atoms with Gasteiger partial charge < -0.3 is 15.1 Å². The van der Waals surface area contributed by atoms with E-state index in [1.54, 1.807) is 0 Å². The van der Waals surface area contributed by atoms with E-state index in [1.165, 1.54) is 18.7 Å². The predicted octanol–water partition coefficient (Wildman–Crippen LogP) is 0.317. The molecule has 1 fully saturated rings. The summed E-state index contributed by atoms with van der Waals surface area (Å²) in [6, 6.07) is 2.92. The summed E-state index contributed by atoms with van der Waals surface area (Å²) in [5.74, 6) is 0. The maximum atomic E-state index is 4.29. The monoisotopic (exact) mass is 251 g/mol. The number of nitrogens with zero attached hydrogens (tertiary/aromatic N) is 4. The molecular formula is C13H25N5. The molecule has 5 heteroatoms. The molecule has 0 bridgehead atoms. The van der Waals surface area contributed by atoms with Crippen molar-refractivity contribution in [3.8, 4) is 0 Å². The van der Waals surface area contributed by atoms with Crippen LogP contribution in [0.15, 0.2) is 12.3 Å². The third kappa shape index (κ3) is 2.74. The maximum Gasteiger partial charge on any atom is 0.0659 e. The van der Waals surface area contributed by atoms with Crippen LogP contribution in [0.4, 0.5) is 0 Å². The summed E-state index contributed by atoms with van der Waals surface area (Å²) >= 11 is 0. The van der Waals surface area contributed by atoms with E-state index in [9.17, 15) is 0 Å². The zero-order chi connectivity index (χ0) is 13.1. The molecule has 0 spiro atoms. The average molecular weight is 251 g/mol. The van der Waals surface area contributed by atoms with Gasteiger partial charge in [-0.1, -0.05) is 0 Å². The number of aromatic nitrogens is 2. The Bertz CT molecular complexity index is 375. The smallest absolute Gasteiger partial charge is 0.0659 e. The molecule has 1 N–H and O–H groups in total. The van der Waals surface area contributed by atoms with Gasteiger partial charge in [-0.15, -0.1) is 0 Å². The normalized spacial score (nSPS) is 25.0. The van der Waals surface area contributed by atoms with Gasteiger partial charge in [-0.25, -0.2) is 0 Å². The number of hydrogen-bond acceptors (Lipinski definition) is 4. The lowest BCUT2D eigenvalue weighted by atomic mass is 10.0. The van der Waals surface area contributed by atoms with Gasteiger partial charge >= 0.3 is 0 Å². The molecular weight excluding hydrogens is 226 g/mol. The summed E-state index contributed by atoms with van der Waals surface area (Å²) in [5, 5.41) is 7.76. The van der Waals surface area contributed by atoms with Crippen molar-refractivity contribution in [1.29, 1.82) is 0 Å². The van der Waals surface area contributed by atoms with Gasteiger partial charge in [0.15, 0.2) is 0 Å². The summed E-state index contributed by atoms with van der Waals surface area (Å²) in [6.45, 7) is 3.43. The zero-order valence-corrected chi connectivity index (χ0v) is 11.9. The Labute approximate surface area is 110 Å². The summed E-state index contributed by atoms with van der Waals surface area (Å²) in [7, 11) is 8.49. The summed E-state index contributed by atoms with van der Waals surface area (Å²) in [4.78, 5) is 4.90. The first-order valence-corrected chi connectivity index (χ1v) is 6.67. The van der Waals surface area contributed by atoms with E-state index in [0.717, 1.165) is 13.1 Å². The average Bonchev–Trinajstić information content (AvgIpc) is 2.67. The van der Waals surface area contributed by atoms with Crippen LogP contribution in [0.25, 0.3) is 0 Å². The molecule has 1 saturated heterocycles. The first-order valence-electron chi connectivity index (χ1n) is 6.67. The second-order valence-corrected chi connectivity index (χ2v) is 5.31. The third-order valence-electron chi connectivity index (χ3n) is 3.99. The van der Waals surface area contributed by atoms with E-state index in [1.807, 2.05) is 25.0 Å². The lowest BCUT2D eigenvalue weighted by Gasteiger charge is -2.34. The molecule has 0 saturated carbocycles. The fourth-order valence-electron chi connectivity index (χ4n) is 2.89. The molecule has 0 radical (unpaired) electrons. The first-order chi connectivity index (χ1) is 8.63. The highest BCUT2D eigenvalue weighted by atomic mass is 15.3. The second kappa shape index (κ2) is 5.82. The van der Waals surface area contributed by atoms with Gasteiger partial charge in [-0.3, -0.25) is 4.68 Å². The van der Waals surface area contributed by atoms with Crippen LogP contribution >= 0.6 is 0 Å². The van der Waals surface area contributed by atoms with Crippen molar-refractivity contribution in [3.05, 3.63) is 18.0 Å². The van der Waals surface area contributed by atoms with Crippen LogP contribution < -0.4 is 5.32 Å². The molecule has 102 valence electrons. The maximum absolute atomic E-state index is 4.29. The van der Waals surface area contributed by atoms with Crippen LogP contribution in [0, 0.1) is 0 Å². The van der Waals surface area contributed by atoms with Crippen molar-refractivity contribution in [2.75, 3.05) is 40.8 Å². The number of aryl methyl sites for hydroxylation is 1. The number of nitrogens with one attached hydrogen (secondary N) is 1. The SMILES string of the molecule is CNC(c1ccnn1C)C1CN(C)CCCN1C. The highest BCUT2D eigenvalue weighted by Crippen LogP contribution is 2.22. The minimum Gasteiger partial charge on any atom is -0.310 e. The van der Waals surface area contributed by atoms with Crippen molar-refractivity contribution in [1.82, 2.24) is 24.9 Å². The standard InChI is InChI=1S/C13H25N5/c1-14-13(11-6-7-15-18(11)4)12-10-16(2)8-5-9-17(12)3/h6-7,12-14H,5,8-10H2,1-4H3. The van der Waals surface area contributed by atoms with Crippen LogP contribution in [0.1, 0.15) is 18.2 Å². The number of rotatable bonds is 3. The Morgan fingerprint density at radius 3 is 2.72 bits per heavy atom. The van der Waals surface area contributed by atoms with Crippen LogP contribution in [0.2, 0.25) is 0 Å². The topological polar surface area (TPSA) is 36.3 Å². The molecule has 0 aromatic carbocycles. The van der Waals surface area contributed by atoms with Crippen molar-refractivity contribution >= 4 is 0 Å². The molecule has 1 aliphatic rings. The Morgan fingerprint density at radius 2 is 2.11 bits per heavy atom. The molecule has 2 rings (SSSR count). The molecule has 0 amide bonds. The van der Waals surface area contributed by atoms with Gasteiger partial charge in [-0.2, -0.15) is 5.10 Å². The predicted molar refractivity (Wildman–Crippen MR) is 73.5 cm³/mol. The van der Waals surface area contributed by atoms with Gasteiger partial charge in [-0.05, 0) is 46.7 Å². The van der Waals surface area contributed by atoms with E-state index in [2.05, 4.69) is 40.4 Å². The van der Waals surface area contributed by atoms with Crippen molar-refractivity contribution in [2.24, 2.45) is 7.05 Å². The summed E-state index contributed by atoms with van der Waals surface area (Å²) in [6.07, 6.45) is 3.12. The molecule has 2 heterocycles. The Kier molecular flexibility index (Phi) is 4.37. The van der Waals surface area contributed by atoms with Crippen LogP contribution in [0.5, 0.6) is 0 Å². The Morgan fingerprint density at radius 1 is 1.33 bits per heavy atom. The Hall–Kier alpha value is -0.910. The number of hydrogen-bond donors (Lipinski definition) is 1. The molecule has 1 aromatic rings. The van der Waals surface area contributed by atoms with E-state index in [-0.39, 0.29) is 0 Å². The largest absolute Gasteiger partial charge is 0.310 e. The molecule has 1 aliphatic heterocycles. The van der Waals surface area contributed by atoms with Gasteiger partial charge in [0.05, 0.1) is 11.7 Å². The fraction of sp³-hybridized carbons (Fsp3) is 0.769. The van der Waals surface area contributed by atoms with E-state index in [0.29, 0.717) is 12.1 Å². The molecule has 5 nitrogen and oxygen atoms in total. The van der Waals surface area contributed by atoms with Crippen molar-refractivity contribution < 1.29 is 0 Å². The Balaban J connectivity index is 2.22. The van der Waals surface area contributed by atoms with Gasteiger partial charge in [0.2, 0.25) is 0 Å². The lowest BCUT2D eigenvalue weighted by Crippen LogP contribution is -2.46. The summed E-state index contributed by atoms with van der Waals surface area (Å²) < 4.78 is 1.97. The van der Waals surface area contributed by atoms with Gasteiger partial charge in [0, 0.05) is 25.8 Å². The molecule has 2 unspecified atom stereocenters. The molecule has 2 atom stereocenters. The molecule has 1 aromatic heterocycles. The lowest BCUT2D eigenvalue weighted by molar-refractivity contribution is 0.178. The van der Waals surface area contributed by atoms with Crippen LogP contribution in [0.3, 0.4) is 0 Å². The van der Waals surface area contributed by atoms with Gasteiger partial charge in [0.25, 0.3) is 0 Å². The number of likely N-dealkylation sites (N-methyl/N-ethyl adjacent to an activating group) is 3. The fourth-order valence-corrected chi connectivity index (χ4v) is 2.89. The minimum absolute atomic E-state index is 0.322. The van der Waals surface area contributed by atoms with Crippen LogP contribution in [-0.4, -0.2) is 66.4 Å². The van der Waals surface area contributed by atoms with E-state index >= 15 is 0 Å². The highest BCUT2D eigenvalue weighted by molar-refractivity contribution is 5.10.